The van der Waals surface area contributed by atoms with Crippen molar-refractivity contribution >= 4 is 7.82 Å². The largest absolute Gasteiger partial charge is 0.470 e. The molecule has 2 N–H and O–H groups in total. The molecule has 86 valence electrons. The highest BCUT2D eigenvalue weighted by molar-refractivity contribution is 7.46. The van der Waals surface area contributed by atoms with Crippen LogP contribution in [0.4, 0.5) is 0 Å². The second kappa shape index (κ2) is 3.07. The summed E-state index contributed by atoms with van der Waals surface area (Å²) in [6.07, 6.45) is 6.36. The minimum Gasteiger partial charge on any atom is -0.303 e. The minimum atomic E-state index is -4.31. The monoisotopic (exact) mass is 232 g/mol. The fraction of sp³-hybridized carbons (Fsp3) is 1.00. The predicted octanol–water partition coefficient (Wildman–Crippen LogP) is 2.06. The van der Waals surface area contributed by atoms with Gasteiger partial charge < -0.3 is 9.79 Å². The van der Waals surface area contributed by atoms with Gasteiger partial charge in [-0.3, -0.25) is 4.52 Å². The Kier molecular flexibility index (Phi) is 2.10. The highest BCUT2D eigenvalue weighted by atomic mass is 31.2. The third-order valence-corrected chi connectivity index (χ3v) is 4.92. The molecule has 4 saturated carbocycles. The van der Waals surface area contributed by atoms with E-state index in [1.807, 2.05) is 0 Å². The van der Waals surface area contributed by atoms with Gasteiger partial charge in [0.15, 0.2) is 0 Å². The van der Waals surface area contributed by atoms with E-state index >= 15 is 0 Å². The fourth-order valence-electron chi connectivity index (χ4n) is 4.40. The lowest BCUT2D eigenvalue weighted by Gasteiger charge is -2.55. The number of phosphoric ester groups is 1. The van der Waals surface area contributed by atoms with E-state index in [9.17, 15) is 4.57 Å². The predicted molar refractivity (Wildman–Crippen MR) is 54.0 cm³/mol. The zero-order valence-corrected chi connectivity index (χ0v) is 9.53. The van der Waals surface area contributed by atoms with Gasteiger partial charge in [-0.05, 0) is 56.3 Å². The van der Waals surface area contributed by atoms with Crippen LogP contribution in [0.1, 0.15) is 38.5 Å². The molecule has 0 aromatic carbocycles. The summed E-state index contributed by atoms with van der Waals surface area (Å²) < 4.78 is 16.1. The van der Waals surface area contributed by atoms with Crippen LogP contribution < -0.4 is 0 Å². The average molecular weight is 232 g/mol. The number of rotatable bonds is 2. The van der Waals surface area contributed by atoms with Gasteiger partial charge in [0, 0.05) is 0 Å². The van der Waals surface area contributed by atoms with Gasteiger partial charge in [-0.25, -0.2) is 4.57 Å². The van der Waals surface area contributed by atoms with Crippen molar-refractivity contribution in [2.45, 2.75) is 44.1 Å². The van der Waals surface area contributed by atoms with Gasteiger partial charge in [0.25, 0.3) is 0 Å². The molecule has 0 saturated heterocycles. The Morgan fingerprint density at radius 3 is 1.73 bits per heavy atom. The molecular formula is C10H17O4P. The molecule has 0 spiro atoms. The minimum absolute atomic E-state index is 0.478. The van der Waals surface area contributed by atoms with E-state index in [0.29, 0.717) is 17.8 Å². The Bertz CT molecular complexity index is 286. The van der Waals surface area contributed by atoms with Crippen molar-refractivity contribution in [1.82, 2.24) is 0 Å². The Hall–Kier alpha value is 0.110. The van der Waals surface area contributed by atoms with Gasteiger partial charge in [0.1, 0.15) is 0 Å². The van der Waals surface area contributed by atoms with Crippen LogP contribution in [0.25, 0.3) is 0 Å². The molecule has 0 aromatic heterocycles. The van der Waals surface area contributed by atoms with Crippen molar-refractivity contribution in [1.29, 1.82) is 0 Å². The van der Waals surface area contributed by atoms with Crippen molar-refractivity contribution < 1.29 is 18.9 Å². The standard InChI is InChI=1S/C10H17O4P/c11-15(12,13)14-10-4-7-1-8(5-10)3-9(2-7)6-10/h7-9H,1-6H2,(H2,11,12,13). The zero-order valence-electron chi connectivity index (χ0n) is 8.63. The van der Waals surface area contributed by atoms with Gasteiger partial charge in [-0.2, -0.15) is 0 Å². The first-order valence-electron chi connectivity index (χ1n) is 5.70. The van der Waals surface area contributed by atoms with Gasteiger partial charge in [0.2, 0.25) is 0 Å². The third-order valence-electron chi connectivity index (χ3n) is 4.29. The van der Waals surface area contributed by atoms with E-state index in [4.69, 9.17) is 14.3 Å². The number of phosphoric acid groups is 1. The van der Waals surface area contributed by atoms with E-state index in [-0.39, 0.29) is 0 Å². The molecule has 4 aliphatic rings. The highest BCUT2D eigenvalue weighted by Gasteiger charge is 2.53. The van der Waals surface area contributed by atoms with Gasteiger partial charge in [0.05, 0.1) is 5.60 Å². The molecule has 0 aromatic rings. The van der Waals surface area contributed by atoms with Gasteiger partial charge in [-0.1, -0.05) is 0 Å². The molecule has 0 radical (unpaired) electrons. The van der Waals surface area contributed by atoms with Crippen LogP contribution in [0.5, 0.6) is 0 Å². The van der Waals surface area contributed by atoms with Gasteiger partial charge >= 0.3 is 7.82 Å². The SMILES string of the molecule is O=P(O)(O)OC12CC3CC(CC(C3)C1)C2. The maximum Gasteiger partial charge on any atom is 0.470 e. The molecule has 0 atom stereocenters. The van der Waals surface area contributed by atoms with E-state index in [0.717, 1.165) is 19.3 Å². The fourth-order valence-corrected chi connectivity index (χ4v) is 5.12. The highest BCUT2D eigenvalue weighted by Crippen LogP contribution is 2.60. The van der Waals surface area contributed by atoms with Crippen molar-refractivity contribution in [3.05, 3.63) is 0 Å². The molecular weight excluding hydrogens is 215 g/mol. The molecule has 4 aliphatic carbocycles. The van der Waals surface area contributed by atoms with E-state index < -0.39 is 13.4 Å². The summed E-state index contributed by atoms with van der Waals surface area (Å²) in [6.45, 7) is 0. The molecule has 0 amide bonds. The average Bonchev–Trinajstić information content (AvgIpc) is 1.94. The maximum absolute atomic E-state index is 11.0. The molecule has 0 heterocycles. The van der Waals surface area contributed by atoms with Crippen LogP contribution in [-0.2, 0) is 9.09 Å². The van der Waals surface area contributed by atoms with Crippen LogP contribution in [0.15, 0.2) is 0 Å². The summed E-state index contributed by atoms with van der Waals surface area (Å²) in [6, 6.07) is 0. The van der Waals surface area contributed by atoms with Crippen LogP contribution in [0.3, 0.4) is 0 Å². The Morgan fingerprint density at radius 2 is 1.40 bits per heavy atom. The Balaban J connectivity index is 1.84. The van der Waals surface area contributed by atoms with Crippen molar-refractivity contribution in [2.75, 3.05) is 0 Å². The van der Waals surface area contributed by atoms with Crippen molar-refractivity contribution in [3.8, 4) is 0 Å². The summed E-state index contributed by atoms with van der Waals surface area (Å²) in [5, 5.41) is 0. The first-order chi connectivity index (χ1) is 6.94. The lowest BCUT2D eigenvalue weighted by molar-refractivity contribution is -0.117. The molecule has 15 heavy (non-hydrogen) atoms. The molecule has 4 rings (SSSR count). The lowest BCUT2D eigenvalue weighted by Crippen LogP contribution is -2.51. The van der Waals surface area contributed by atoms with E-state index in [1.165, 1.54) is 19.3 Å². The number of hydrogen-bond acceptors (Lipinski definition) is 2. The summed E-state index contributed by atoms with van der Waals surface area (Å²) in [7, 11) is -4.31. The molecule has 4 bridgehead atoms. The topological polar surface area (TPSA) is 66.8 Å². The molecule has 0 unspecified atom stereocenters. The summed E-state index contributed by atoms with van der Waals surface area (Å²) in [5.74, 6) is 1.97. The normalized spacial score (nSPS) is 48.5. The van der Waals surface area contributed by atoms with E-state index in [2.05, 4.69) is 0 Å². The van der Waals surface area contributed by atoms with Crippen molar-refractivity contribution in [2.24, 2.45) is 17.8 Å². The van der Waals surface area contributed by atoms with Gasteiger partial charge in [-0.15, -0.1) is 0 Å². The van der Waals surface area contributed by atoms with E-state index in [1.54, 1.807) is 0 Å². The first-order valence-corrected chi connectivity index (χ1v) is 7.23. The smallest absolute Gasteiger partial charge is 0.303 e. The Morgan fingerprint density at radius 1 is 1.00 bits per heavy atom. The third kappa shape index (κ3) is 1.89. The van der Waals surface area contributed by atoms with Crippen LogP contribution in [-0.4, -0.2) is 15.4 Å². The van der Waals surface area contributed by atoms with Crippen LogP contribution in [0.2, 0.25) is 0 Å². The lowest BCUT2D eigenvalue weighted by atomic mass is 9.54. The molecule has 5 heteroatoms. The molecule has 0 aliphatic heterocycles. The van der Waals surface area contributed by atoms with Crippen LogP contribution in [0, 0.1) is 17.8 Å². The zero-order chi connectivity index (χ0) is 10.7. The number of hydrogen-bond donors (Lipinski definition) is 2. The van der Waals surface area contributed by atoms with Crippen LogP contribution >= 0.6 is 7.82 Å². The quantitative estimate of drug-likeness (QED) is 0.715. The summed E-state index contributed by atoms with van der Waals surface area (Å²) in [4.78, 5) is 17.9. The summed E-state index contributed by atoms with van der Waals surface area (Å²) >= 11 is 0. The summed E-state index contributed by atoms with van der Waals surface area (Å²) in [5.41, 5.74) is -0.478. The Labute approximate surface area is 89.3 Å². The molecule has 4 nitrogen and oxygen atoms in total. The second-order valence-electron chi connectivity index (χ2n) is 5.68. The first kappa shape index (κ1) is 10.3. The molecule has 4 fully saturated rings. The second-order valence-corrected chi connectivity index (χ2v) is 6.85. The maximum atomic E-state index is 11.0. The van der Waals surface area contributed by atoms with Crippen molar-refractivity contribution in [3.63, 3.8) is 0 Å².